The second-order valence-electron chi connectivity index (χ2n) is 6.04. The molecule has 0 saturated carbocycles. The fourth-order valence-electron chi connectivity index (χ4n) is 2.43. The van der Waals surface area contributed by atoms with Crippen molar-refractivity contribution in [3.8, 4) is 0 Å². The zero-order valence-electron chi connectivity index (χ0n) is 13.8. The summed E-state index contributed by atoms with van der Waals surface area (Å²) in [5.74, 6) is -0.0487. The SMILES string of the molecule is Cc1cccc(C(=O)NC(CCN(C)C)c2ccc(Cl)cc2)c1. The van der Waals surface area contributed by atoms with Crippen LogP contribution in [0.5, 0.6) is 0 Å². The van der Waals surface area contributed by atoms with Crippen LogP contribution in [-0.2, 0) is 0 Å². The minimum absolute atomic E-state index is 0.0392. The highest BCUT2D eigenvalue weighted by Gasteiger charge is 2.16. The molecule has 0 radical (unpaired) electrons. The third-order valence-electron chi connectivity index (χ3n) is 3.72. The van der Waals surface area contributed by atoms with Crippen LogP contribution in [0.15, 0.2) is 48.5 Å². The number of benzene rings is 2. The molecule has 0 bridgehead atoms. The second-order valence-corrected chi connectivity index (χ2v) is 6.48. The summed E-state index contributed by atoms with van der Waals surface area (Å²) < 4.78 is 0. The zero-order chi connectivity index (χ0) is 16.8. The maximum absolute atomic E-state index is 12.5. The fourth-order valence-corrected chi connectivity index (χ4v) is 2.56. The lowest BCUT2D eigenvalue weighted by atomic mass is 10.0. The minimum Gasteiger partial charge on any atom is -0.345 e. The van der Waals surface area contributed by atoms with E-state index in [1.54, 1.807) is 0 Å². The van der Waals surface area contributed by atoms with Crippen molar-refractivity contribution < 1.29 is 4.79 Å². The maximum Gasteiger partial charge on any atom is 0.251 e. The lowest BCUT2D eigenvalue weighted by Gasteiger charge is -2.21. The number of nitrogens with zero attached hydrogens (tertiary/aromatic N) is 1. The van der Waals surface area contributed by atoms with Gasteiger partial charge in [-0.15, -0.1) is 0 Å². The first kappa shape index (κ1) is 17.5. The Morgan fingerprint density at radius 2 is 1.87 bits per heavy atom. The molecular weight excluding hydrogens is 308 g/mol. The van der Waals surface area contributed by atoms with Crippen LogP contribution in [0.2, 0.25) is 5.02 Å². The molecule has 23 heavy (non-hydrogen) atoms. The van der Waals surface area contributed by atoms with E-state index < -0.39 is 0 Å². The largest absolute Gasteiger partial charge is 0.345 e. The van der Waals surface area contributed by atoms with Crippen molar-refractivity contribution >= 4 is 17.5 Å². The molecule has 0 aliphatic rings. The van der Waals surface area contributed by atoms with Crippen molar-refractivity contribution in [2.24, 2.45) is 0 Å². The van der Waals surface area contributed by atoms with E-state index in [0.29, 0.717) is 10.6 Å². The number of halogens is 1. The average Bonchev–Trinajstić information content (AvgIpc) is 2.52. The van der Waals surface area contributed by atoms with Crippen LogP contribution in [0.25, 0.3) is 0 Å². The number of carbonyl (C=O) groups excluding carboxylic acids is 1. The van der Waals surface area contributed by atoms with Crippen molar-refractivity contribution in [3.05, 3.63) is 70.2 Å². The standard InChI is InChI=1S/C19H23ClN2O/c1-14-5-4-6-16(13-14)19(23)21-18(11-12-22(2)3)15-7-9-17(20)10-8-15/h4-10,13,18H,11-12H2,1-3H3,(H,21,23). The van der Waals surface area contributed by atoms with Gasteiger partial charge in [-0.2, -0.15) is 0 Å². The lowest BCUT2D eigenvalue weighted by Crippen LogP contribution is -2.31. The van der Waals surface area contributed by atoms with Crippen LogP contribution in [0.3, 0.4) is 0 Å². The van der Waals surface area contributed by atoms with Crippen LogP contribution >= 0.6 is 11.6 Å². The van der Waals surface area contributed by atoms with E-state index in [1.807, 2.05) is 69.6 Å². The number of carbonyl (C=O) groups is 1. The van der Waals surface area contributed by atoms with Crippen LogP contribution in [0, 0.1) is 6.92 Å². The Morgan fingerprint density at radius 1 is 1.17 bits per heavy atom. The van der Waals surface area contributed by atoms with Crippen LogP contribution in [0.4, 0.5) is 0 Å². The Kier molecular flexibility index (Phi) is 6.20. The van der Waals surface area contributed by atoms with Gasteiger partial charge in [-0.05, 0) is 63.8 Å². The van der Waals surface area contributed by atoms with Gasteiger partial charge in [-0.25, -0.2) is 0 Å². The number of amides is 1. The third kappa shape index (κ3) is 5.38. The van der Waals surface area contributed by atoms with E-state index in [2.05, 4.69) is 10.2 Å². The Bertz CT molecular complexity index is 653. The van der Waals surface area contributed by atoms with E-state index in [4.69, 9.17) is 11.6 Å². The summed E-state index contributed by atoms with van der Waals surface area (Å²) in [4.78, 5) is 14.7. The van der Waals surface area contributed by atoms with Gasteiger partial charge in [0.25, 0.3) is 5.91 Å². The molecule has 0 saturated heterocycles. The molecule has 0 heterocycles. The Morgan fingerprint density at radius 3 is 2.48 bits per heavy atom. The van der Waals surface area contributed by atoms with E-state index in [-0.39, 0.29) is 11.9 Å². The predicted molar refractivity (Wildman–Crippen MR) is 96.0 cm³/mol. The number of hydrogen-bond acceptors (Lipinski definition) is 2. The van der Waals surface area contributed by atoms with Gasteiger partial charge < -0.3 is 10.2 Å². The molecule has 0 aliphatic carbocycles. The molecular formula is C19H23ClN2O. The van der Waals surface area contributed by atoms with Gasteiger partial charge in [-0.1, -0.05) is 41.4 Å². The van der Waals surface area contributed by atoms with Gasteiger partial charge in [0.15, 0.2) is 0 Å². The molecule has 1 N–H and O–H groups in total. The van der Waals surface area contributed by atoms with Crippen LogP contribution < -0.4 is 5.32 Å². The first-order chi connectivity index (χ1) is 11.0. The summed E-state index contributed by atoms with van der Waals surface area (Å²) in [7, 11) is 4.06. The van der Waals surface area contributed by atoms with E-state index in [9.17, 15) is 4.79 Å². The molecule has 3 nitrogen and oxygen atoms in total. The summed E-state index contributed by atoms with van der Waals surface area (Å²) >= 11 is 5.97. The van der Waals surface area contributed by atoms with Crippen molar-refractivity contribution in [1.82, 2.24) is 10.2 Å². The van der Waals surface area contributed by atoms with Gasteiger partial charge in [0.05, 0.1) is 6.04 Å². The molecule has 0 aromatic heterocycles. The Balaban J connectivity index is 2.16. The van der Waals surface area contributed by atoms with E-state index >= 15 is 0 Å². The maximum atomic E-state index is 12.5. The summed E-state index contributed by atoms with van der Waals surface area (Å²) in [5, 5.41) is 3.84. The molecule has 1 atom stereocenters. The van der Waals surface area contributed by atoms with Gasteiger partial charge in [-0.3, -0.25) is 4.79 Å². The molecule has 0 fully saturated rings. The van der Waals surface area contributed by atoms with Crippen LogP contribution in [-0.4, -0.2) is 31.4 Å². The molecule has 1 unspecified atom stereocenters. The quantitative estimate of drug-likeness (QED) is 0.865. The number of nitrogens with one attached hydrogen (secondary N) is 1. The molecule has 0 spiro atoms. The summed E-state index contributed by atoms with van der Waals surface area (Å²) in [6, 6.07) is 15.3. The summed E-state index contributed by atoms with van der Waals surface area (Å²) in [5.41, 5.74) is 2.83. The van der Waals surface area contributed by atoms with Gasteiger partial charge >= 0.3 is 0 Å². The first-order valence-electron chi connectivity index (χ1n) is 7.73. The average molecular weight is 331 g/mol. The van der Waals surface area contributed by atoms with Crippen molar-refractivity contribution in [2.75, 3.05) is 20.6 Å². The molecule has 122 valence electrons. The van der Waals surface area contributed by atoms with Gasteiger partial charge in [0.1, 0.15) is 0 Å². The third-order valence-corrected chi connectivity index (χ3v) is 3.97. The summed E-state index contributed by atoms with van der Waals surface area (Å²) in [6.45, 7) is 2.88. The summed E-state index contributed by atoms with van der Waals surface area (Å²) in [6.07, 6.45) is 0.839. The normalized spacial score (nSPS) is 12.2. The molecule has 4 heteroatoms. The number of hydrogen-bond donors (Lipinski definition) is 1. The molecule has 2 aromatic rings. The molecule has 2 aromatic carbocycles. The van der Waals surface area contributed by atoms with Gasteiger partial charge in [0.2, 0.25) is 0 Å². The highest BCUT2D eigenvalue weighted by atomic mass is 35.5. The molecule has 0 aliphatic heterocycles. The highest BCUT2D eigenvalue weighted by Crippen LogP contribution is 2.20. The Hall–Kier alpha value is -1.84. The first-order valence-corrected chi connectivity index (χ1v) is 8.11. The second kappa shape index (κ2) is 8.14. The smallest absolute Gasteiger partial charge is 0.251 e. The van der Waals surface area contributed by atoms with Crippen molar-refractivity contribution in [1.29, 1.82) is 0 Å². The van der Waals surface area contributed by atoms with Crippen LogP contribution in [0.1, 0.15) is 33.9 Å². The number of rotatable bonds is 6. The Labute approximate surface area is 143 Å². The monoisotopic (exact) mass is 330 g/mol. The van der Waals surface area contributed by atoms with Gasteiger partial charge in [0, 0.05) is 10.6 Å². The van der Waals surface area contributed by atoms with Crippen molar-refractivity contribution in [2.45, 2.75) is 19.4 Å². The lowest BCUT2D eigenvalue weighted by molar-refractivity contribution is 0.0932. The highest BCUT2D eigenvalue weighted by molar-refractivity contribution is 6.30. The van der Waals surface area contributed by atoms with Crippen molar-refractivity contribution in [3.63, 3.8) is 0 Å². The predicted octanol–water partition coefficient (Wildman–Crippen LogP) is 4.07. The zero-order valence-corrected chi connectivity index (χ0v) is 14.6. The number of aryl methyl sites for hydroxylation is 1. The van der Waals surface area contributed by atoms with E-state index in [0.717, 1.165) is 24.1 Å². The fraction of sp³-hybridized carbons (Fsp3) is 0.316. The molecule has 2 rings (SSSR count). The molecule has 1 amide bonds. The topological polar surface area (TPSA) is 32.3 Å². The van der Waals surface area contributed by atoms with E-state index in [1.165, 1.54) is 0 Å². The minimum atomic E-state index is -0.0487.